The number of urea groups is 1. The van der Waals surface area contributed by atoms with E-state index in [4.69, 9.17) is 5.73 Å². The van der Waals surface area contributed by atoms with E-state index in [1.165, 1.54) is 33.1 Å². The molecule has 1 aromatic heterocycles. The fourth-order valence-electron chi connectivity index (χ4n) is 4.62. The van der Waals surface area contributed by atoms with Gasteiger partial charge in [0, 0.05) is 39.4 Å². The Bertz CT molecular complexity index is 1080. The zero-order chi connectivity index (χ0) is 23.3. The number of aryl methyl sites for hydroxylation is 1. The van der Waals surface area contributed by atoms with Crippen LogP contribution in [0.15, 0.2) is 17.2 Å². The van der Waals surface area contributed by atoms with Crippen molar-refractivity contribution in [3.8, 4) is 0 Å². The van der Waals surface area contributed by atoms with Crippen LogP contribution in [-0.4, -0.2) is 89.1 Å². The number of nitrogens with zero attached hydrogens (tertiary/aromatic N) is 4. The highest BCUT2D eigenvalue weighted by atomic mass is 32.2. The molecule has 2 aliphatic heterocycles. The highest BCUT2D eigenvalue weighted by molar-refractivity contribution is 7.89. The first-order valence-electron chi connectivity index (χ1n) is 10.4. The summed E-state index contributed by atoms with van der Waals surface area (Å²) in [6.45, 7) is 0.00244. The number of amides is 5. The molecule has 3 N–H and O–H groups in total. The molecule has 0 aromatic carbocycles. The Morgan fingerprint density at radius 3 is 2.31 bits per heavy atom. The average Bonchev–Trinajstić information content (AvgIpc) is 3.43. The van der Waals surface area contributed by atoms with Gasteiger partial charge in [0.2, 0.25) is 15.9 Å². The van der Waals surface area contributed by atoms with Crippen molar-refractivity contribution in [2.24, 2.45) is 12.8 Å². The molecular formula is C19H26N6O6S. The molecule has 3 fully saturated rings. The molecule has 12 nitrogen and oxygen atoms in total. The molecule has 1 spiro atoms. The minimum absolute atomic E-state index is 0.0465. The van der Waals surface area contributed by atoms with Gasteiger partial charge in [0.15, 0.2) is 0 Å². The normalized spacial score (nSPS) is 21.4. The van der Waals surface area contributed by atoms with Crippen molar-refractivity contribution in [3.63, 3.8) is 0 Å². The van der Waals surface area contributed by atoms with Crippen LogP contribution in [0.3, 0.4) is 0 Å². The monoisotopic (exact) mass is 466 g/mol. The SMILES string of the molecule is Cn1cc(S(=O)(=O)N2CCN(C(=O)CN3C(=O)NC4(CCCC4)C3=O)CC2)cc1C(N)=O. The Morgan fingerprint density at radius 2 is 1.75 bits per heavy atom. The molecule has 5 amide bonds. The lowest BCUT2D eigenvalue weighted by Crippen LogP contribution is -2.53. The van der Waals surface area contributed by atoms with Crippen molar-refractivity contribution in [2.75, 3.05) is 32.7 Å². The average molecular weight is 467 g/mol. The Hall–Kier alpha value is -2.93. The Labute approximate surface area is 185 Å². The Balaban J connectivity index is 1.38. The summed E-state index contributed by atoms with van der Waals surface area (Å²) in [4.78, 5) is 51.5. The van der Waals surface area contributed by atoms with E-state index in [1.807, 2.05) is 0 Å². The Kier molecular flexibility index (Phi) is 5.49. The molecule has 1 aliphatic carbocycles. The minimum atomic E-state index is -3.86. The number of nitrogens with one attached hydrogen (secondary N) is 1. The highest BCUT2D eigenvalue weighted by Crippen LogP contribution is 2.35. The molecule has 1 saturated carbocycles. The summed E-state index contributed by atoms with van der Waals surface area (Å²) in [5.41, 5.74) is 4.46. The molecule has 0 atom stereocenters. The van der Waals surface area contributed by atoms with E-state index in [-0.39, 0.29) is 49.2 Å². The first-order chi connectivity index (χ1) is 15.0. The number of piperazine rings is 1. The number of nitrogens with two attached hydrogens (primary N) is 1. The van der Waals surface area contributed by atoms with E-state index in [1.54, 1.807) is 0 Å². The van der Waals surface area contributed by atoms with Crippen molar-refractivity contribution < 1.29 is 27.6 Å². The van der Waals surface area contributed by atoms with Gasteiger partial charge in [0.1, 0.15) is 22.7 Å². The topological polar surface area (TPSA) is 155 Å². The van der Waals surface area contributed by atoms with Crippen LogP contribution in [-0.2, 0) is 26.7 Å². The lowest BCUT2D eigenvalue weighted by atomic mass is 9.98. The van der Waals surface area contributed by atoms with E-state index in [0.717, 1.165) is 17.7 Å². The molecule has 32 heavy (non-hydrogen) atoms. The molecule has 2 saturated heterocycles. The summed E-state index contributed by atoms with van der Waals surface area (Å²) in [5, 5.41) is 2.74. The van der Waals surface area contributed by atoms with Gasteiger partial charge in [-0.2, -0.15) is 4.31 Å². The van der Waals surface area contributed by atoms with Gasteiger partial charge in [-0.3, -0.25) is 19.3 Å². The third-order valence-corrected chi connectivity index (χ3v) is 8.32. The quantitative estimate of drug-likeness (QED) is 0.521. The van der Waals surface area contributed by atoms with Gasteiger partial charge in [-0.1, -0.05) is 12.8 Å². The summed E-state index contributed by atoms with van der Waals surface area (Å²) >= 11 is 0. The molecular weight excluding hydrogens is 440 g/mol. The Morgan fingerprint density at radius 1 is 1.12 bits per heavy atom. The largest absolute Gasteiger partial charge is 0.364 e. The molecule has 0 bridgehead atoms. The molecule has 0 unspecified atom stereocenters. The van der Waals surface area contributed by atoms with Crippen LogP contribution in [0.4, 0.5) is 4.79 Å². The lowest BCUT2D eigenvalue weighted by molar-refractivity contribution is -0.139. The predicted molar refractivity (Wildman–Crippen MR) is 111 cm³/mol. The third kappa shape index (κ3) is 3.64. The molecule has 174 valence electrons. The molecule has 4 rings (SSSR count). The smallest absolute Gasteiger partial charge is 0.325 e. The first-order valence-corrected chi connectivity index (χ1v) is 11.9. The van der Waals surface area contributed by atoms with Crippen molar-refractivity contribution in [3.05, 3.63) is 18.0 Å². The summed E-state index contributed by atoms with van der Waals surface area (Å²) in [6.07, 6.45) is 4.19. The maximum absolute atomic E-state index is 12.9. The fourth-order valence-corrected chi connectivity index (χ4v) is 6.11. The fraction of sp³-hybridized carbons (Fsp3) is 0.579. The molecule has 3 heterocycles. The van der Waals surface area contributed by atoms with Crippen LogP contribution < -0.4 is 11.1 Å². The van der Waals surface area contributed by atoms with Crippen LogP contribution in [0.1, 0.15) is 36.2 Å². The number of carbonyl (C=O) groups excluding carboxylic acids is 4. The molecule has 13 heteroatoms. The van der Waals surface area contributed by atoms with E-state index in [9.17, 15) is 27.6 Å². The number of carbonyl (C=O) groups is 4. The number of hydrogen-bond acceptors (Lipinski definition) is 6. The zero-order valence-corrected chi connectivity index (χ0v) is 18.6. The maximum atomic E-state index is 12.9. The van der Waals surface area contributed by atoms with Crippen molar-refractivity contribution in [1.82, 2.24) is 24.0 Å². The second-order valence-corrected chi connectivity index (χ2v) is 10.4. The predicted octanol–water partition coefficient (Wildman–Crippen LogP) is -1.18. The number of aromatic nitrogens is 1. The zero-order valence-electron chi connectivity index (χ0n) is 17.7. The van der Waals surface area contributed by atoms with Gasteiger partial charge < -0.3 is 20.5 Å². The van der Waals surface area contributed by atoms with Gasteiger partial charge in [-0.15, -0.1) is 0 Å². The number of sulfonamides is 1. The van der Waals surface area contributed by atoms with Crippen LogP contribution >= 0.6 is 0 Å². The second-order valence-electron chi connectivity index (χ2n) is 8.43. The van der Waals surface area contributed by atoms with Gasteiger partial charge in [0.25, 0.3) is 11.8 Å². The van der Waals surface area contributed by atoms with Gasteiger partial charge in [-0.25, -0.2) is 13.2 Å². The van der Waals surface area contributed by atoms with Crippen LogP contribution in [0, 0.1) is 0 Å². The van der Waals surface area contributed by atoms with Crippen molar-refractivity contribution >= 4 is 33.8 Å². The van der Waals surface area contributed by atoms with Crippen LogP contribution in [0.25, 0.3) is 0 Å². The number of primary amides is 1. The number of rotatable bonds is 5. The summed E-state index contributed by atoms with van der Waals surface area (Å²) in [6, 6.07) is 0.673. The van der Waals surface area contributed by atoms with Gasteiger partial charge in [0.05, 0.1) is 0 Å². The molecule has 3 aliphatic rings. The minimum Gasteiger partial charge on any atom is -0.364 e. The number of hydrogen-bond donors (Lipinski definition) is 2. The van der Waals surface area contributed by atoms with E-state index in [0.29, 0.717) is 12.8 Å². The third-order valence-electron chi connectivity index (χ3n) is 6.46. The van der Waals surface area contributed by atoms with Gasteiger partial charge >= 0.3 is 6.03 Å². The van der Waals surface area contributed by atoms with E-state index < -0.39 is 33.4 Å². The summed E-state index contributed by atoms with van der Waals surface area (Å²) < 4.78 is 28.4. The van der Waals surface area contributed by atoms with E-state index >= 15 is 0 Å². The summed E-state index contributed by atoms with van der Waals surface area (Å²) in [5.74, 6) is -1.50. The van der Waals surface area contributed by atoms with Crippen molar-refractivity contribution in [1.29, 1.82) is 0 Å². The maximum Gasteiger partial charge on any atom is 0.325 e. The highest BCUT2D eigenvalue weighted by Gasteiger charge is 2.53. The first kappa shape index (κ1) is 22.3. The molecule has 1 aromatic rings. The van der Waals surface area contributed by atoms with Gasteiger partial charge in [-0.05, 0) is 18.9 Å². The second kappa shape index (κ2) is 7.89. The summed E-state index contributed by atoms with van der Waals surface area (Å²) in [7, 11) is -2.33. The standard InChI is InChI=1S/C19H26N6O6S/c1-22-11-13(10-14(22)16(20)27)32(30,31)24-8-6-23(7-9-24)15(26)12-25-17(28)19(21-18(25)29)4-2-3-5-19/h10-11H,2-9,12H2,1H3,(H2,20,27)(H,21,29). The van der Waals surface area contributed by atoms with Crippen LogP contribution in [0.2, 0.25) is 0 Å². The van der Waals surface area contributed by atoms with E-state index in [2.05, 4.69) is 5.32 Å². The molecule has 0 radical (unpaired) electrons. The lowest BCUT2D eigenvalue weighted by Gasteiger charge is -2.34. The van der Waals surface area contributed by atoms with Crippen LogP contribution in [0.5, 0.6) is 0 Å². The van der Waals surface area contributed by atoms with Crippen molar-refractivity contribution in [2.45, 2.75) is 36.1 Å². The number of imide groups is 1.